The minimum atomic E-state index is -3.21. The van der Waals surface area contributed by atoms with Gasteiger partial charge in [-0.15, -0.1) is 11.3 Å². The normalized spacial score (nSPS) is 11.3. The molecule has 4 nitrogen and oxygen atoms in total. The van der Waals surface area contributed by atoms with Gasteiger partial charge in [0.05, 0.1) is 17.5 Å². The lowest BCUT2D eigenvalue weighted by Crippen LogP contribution is -2.09. The average molecular weight is 254 g/mol. The number of anilines is 1. The number of hydrogen-bond donors (Lipinski definition) is 1. The van der Waals surface area contributed by atoms with Crippen LogP contribution in [0.2, 0.25) is 0 Å². The summed E-state index contributed by atoms with van der Waals surface area (Å²) in [5.41, 5.74) is 4.19. The first-order valence-corrected chi connectivity index (χ1v) is 7.34. The molecule has 16 heavy (non-hydrogen) atoms. The molecule has 0 unspecified atom stereocenters. The molecule has 84 valence electrons. The lowest BCUT2D eigenvalue weighted by Gasteiger charge is -2.04. The maximum Gasteiger partial charge on any atom is 0.229 e. The number of benzene rings is 1. The maximum atomic E-state index is 11.0. The highest BCUT2D eigenvalue weighted by atomic mass is 32.2. The van der Waals surface area contributed by atoms with Crippen molar-refractivity contribution in [1.29, 1.82) is 0 Å². The molecule has 1 heterocycles. The molecule has 1 aromatic carbocycles. The molecular weight excluding hydrogens is 244 g/mol. The van der Waals surface area contributed by atoms with E-state index in [0.717, 1.165) is 17.5 Å². The Hall–Kier alpha value is -1.40. The zero-order chi connectivity index (χ0) is 11.6. The van der Waals surface area contributed by atoms with Crippen molar-refractivity contribution in [2.24, 2.45) is 0 Å². The molecule has 1 N–H and O–H groups in total. The monoisotopic (exact) mass is 254 g/mol. The predicted octanol–water partition coefficient (Wildman–Crippen LogP) is 2.18. The number of nitrogens with zero attached hydrogens (tertiary/aromatic N) is 1. The fourth-order valence-corrected chi connectivity index (χ4v) is 2.40. The molecule has 0 aliphatic rings. The van der Waals surface area contributed by atoms with Gasteiger partial charge in [-0.3, -0.25) is 4.72 Å². The highest BCUT2D eigenvalue weighted by Crippen LogP contribution is 2.21. The first-order valence-electron chi connectivity index (χ1n) is 4.51. The minimum Gasteiger partial charge on any atom is -0.284 e. The fourth-order valence-electron chi connectivity index (χ4n) is 1.28. The van der Waals surface area contributed by atoms with Crippen molar-refractivity contribution in [2.75, 3.05) is 11.0 Å². The number of hydrogen-bond acceptors (Lipinski definition) is 4. The van der Waals surface area contributed by atoms with Crippen molar-refractivity contribution < 1.29 is 8.42 Å². The largest absolute Gasteiger partial charge is 0.284 e. The molecule has 0 aliphatic heterocycles. The second-order valence-corrected chi connectivity index (χ2v) is 5.79. The lowest BCUT2D eigenvalue weighted by molar-refractivity contribution is 0.607. The summed E-state index contributed by atoms with van der Waals surface area (Å²) in [5.74, 6) is 0. The molecule has 0 amide bonds. The van der Waals surface area contributed by atoms with Crippen LogP contribution < -0.4 is 4.72 Å². The minimum absolute atomic E-state index is 0.557. The molecule has 2 rings (SSSR count). The smallest absolute Gasteiger partial charge is 0.229 e. The number of nitrogens with one attached hydrogen (secondary N) is 1. The Balaban J connectivity index is 2.24. The number of thiazole rings is 1. The van der Waals surface area contributed by atoms with Crippen molar-refractivity contribution in [3.63, 3.8) is 0 Å². The molecule has 0 aliphatic carbocycles. The van der Waals surface area contributed by atoms with Crippen LogP contribution in [0.4, 0.5) is 5.69 Å². The van der Waals surface area contributed by atoms with Crippen LogP contribution >= 0.6 is 11.3 Å². The van der Waals surface area contributed by atoms with E-state index in [2.05, 4.69) is 9.71 Å². The van der Waals surface area contributed by atoms with E-state index in [1.54, 1.807) is 17.6 Å². The van der Waals surface area contributed by atoms with Gasteiger partial charge in [-0.2, -0.15) is 0 Å². The van der Waals surface area contributed by atoms with E-state index in [9.17, 15) is 8.42 Å². The van der Waals surface area contributed by atoms with Gasteiger partial charge in [0.15, 0.2) is 0 Å². The molecule has 0 atom stereocenters. The van der Waals surface area contributed by atoms with Gasteiger partial charge < -0.3 is 0 Å². The van der Waals surface area contributed by atoms with Crippen molar-refractivity contribution in [3.05, 3.63) is 35.2 Å². The quantitative estimate of drug-likeness (QED) is 0.913. The number of rotatable bonds is 3. The molecule has 0 spiro atoms. The van der Waals surface area contributed by atoms with Crippen LogP contribution in [0.15, 0.2) is 35.2 Å². The summed E-state index contributed by atoms with van der Waals surface area (Å²) in [6.45, 7) is 0. The SMILES string of the molecule is CS(=O)(=O)Nc1ccc(-c2cscn2)cc1. The highest BCUT2D eigenvalue weighted by molar-refractivity contribution is 7.92. The summed E-state index contributed by atoms with van der Waals surface area (Å²) in [6, 6.07) is 7.11. The van der Waals surface area contributed by atoms with Crippen molar-refractivity contribution in [3.8, 4) is 11.3 Å². The Labute approximate surface area is 98.0 Å². The van der Waals surface area contributed by atoms with Crippen LogP contribution in [0.3, 0.4) is 0 Å². The van der Waals surface area contributed by atoms with Gasteiger partial charge in [0.25, 0.3) is 0 Å². The van der Waals surface area contributed by atoms with Gasteiger partial charge >= 0.3 is 0 Å². The van der Waals surface area contributed by atoms with E-state index >= 15 is 0 Å². The molecular formula is C10H10N2O2S2. The van der Waals surface area contributed by atoms with Crippen molar-refractivity contribution >= 4 is 27.0 Å². The van der Waals surface area contributed by atoms with Crippen LogP contribution in [-0.4, -0.2) is 19.7 Å². The Bertz CT molecular complexity index is 559. The fraction of sp³-hybridized carbons (Fsp3) is 0.100. The van der Waals surface area contributed by atoms with Gasteiger partial charge in [-0.05, 0) is 12.1 Å². The molecule has 0 saturated carbocycles. The predicted molar refractivity (Wildman–Crippen MR) is 66.0 cm³/mol. The van der Waals surface area contributed by atoms with Crippen molar-refractivity contribution in [2.45, 2.75) is 0 Å². The highest BCUT2D eigenvalue weighted by Gasteiger charge is 2.03. The van der Waals surface area contributed by atoms with Crippen molar-refractivity contribution in [1.82, 2.24) is 4.98 Å². The van der Waals surface area contributed by atoms with E-state index < -0.39 is 10.0 Å². The van der Waals surface area contributed by atoms with Gasteiger partial charge in [0.1, 0.15) is 0 Å². The summed E-state index contributed by atoms with van der Waals surface area (Å²) < 4.78 is 24.4. The summed E-state index contributed by atoms with van der Waals surface area (Å²) >= 11 is 1.53. The Morgan fingerprint density at radius 1 is 1.25 bits per heavy atom. The van der Waals surface area contributed by atoms with Gasteiger partial charge in [0.2, 0.25) is 10.0 Å². The summed E-state index contributed by atoms with van der Waals surface area (Å²) in [5, 5.41) is 1.94. The number of aromatic nitrogens is 1. The lowest BCUT2D eigenvalue weighted by atomic mass is 10.2. The van der Waals surface area contributed by atoms with Crippen LogP contribution in [0.5, 0.6) is 0 Å². The first-order chi connectivity index (χ1) is 7.54. The number of sulfonamides is 1. The topological polar surface area (TPSA) is 59.1 Å². The van der Waals surface area contributed by atoms with Gasteiger partial charge in [-0.1, -0.05) is 12.1 Å². The molecule has 0 fully saturated rings. The molecule has 0 radical (unpaired) electrons. The molecule has 6 heteroatoms. The first kappa shape index (κ1) is 11.1. The van der Waals surface area contributed by atoms with E-state index in [-0.39, 0.29) is 0 Å². The third kappa shape index (κ3) is 2.80. The summed E-state index contributed by atoms with van der Waals surface area (Å²) in [6.07, 6.45) is 1.13. The van der Waals surface area contributed by atoms with Gasteiger partial charge in [0, 0.05) is 16.6 Å². The van der Waals surface area contributed by atoms with E-state index in [0.29, 0.717) is 5.69 Å². The third-order valence-corrected chi connectivity index (χ3v) is 3.11. The van der Waals surface area contributed by atoms with Crippen LogP contribution in [0.1, 0.15) is 0 Å². The molecule has 2 aromatic rings. The third-order valence-electron chi connectivity index (χ3n) is 1.92. The second kappa shape index (κ2) is 4.23. The average Bonchev–Trinajstić information content (AvgIpc) is 2.69. The van der Waals surface area contributed by atoms with Crippen LogP contribution in [-0.2, 0) is 10.0 Å². The van der Waals surface area contributed by atoms with E-state index in [1.165, 1.54) is 11.3 Å². The summed E-state index contributed by atoms with van der Waals surface area (Å²) in [4.78, 5) is 4.17. The molecule has 0 saturated heterocycles. The van der Waals surface area contributed by atoms with E-state index in [4.69, 9.17) is 0 Å². The van der Waals surface area contributed by atoms with Crippen LogP contribution in [0, 0.1) is 0 Å². The second-order valence-electron chi connectivity index (χ2n) is 3.33. The Morgan fingerprint density at radius 3 is 2.44 bits per heavy atom. The van der Waals surface area contributed by atoms with Crippen LogP contribution in [0.25, 0.3) is 11.3 Å². The standard InChI is InChI=1S/C10H10N2O2S2/c1-16(13,14)12-9-4-2-8(3-5-9)10-6-15-7-11-10/h2-7,12H,1H3. The summed E-state index contributed by atoms with van der Waals surface area (Å²) in [7, 11) is -3.21. The maximum absolute atomic E-state index is 11.0. The Morgan fingerprint density at radius 2 is 1.94 bits per heavy atom. The van der Waals surface area contributed by atoms with E-state index in [1.807, 2.05) is 17.5 Å². The zero-order valence-corrected chi connectivity index (χ0v) is 10.2. The molecule has 1 aromatic heterocycles. The zero-order valence-electron chi connectivity index (χ0n) is 8.54. The molecule has 0 bridgehead atoms. The Kier molecular flexibility index (Phi) is 2.93. The van der Waals surface area contributed by atoms with Gasteiger partial charge in [-0.25, -0.2) is 13.4 Å².